The average molecular weight is 426 g/mol. The maximum absolute atomic E-state index is 11.6. The minimum atomic E-state index is -1.63. The van der Waals surface area contributed by atoms with Gasteiger partial charge < -0.3 is 33.9 Å². The van der Waals surface area contributed by atoms with Gasteiger partial charge in [0.1, 0.15) is 24.9 Å². The van der Waals surface area contributed by atoms with Crippen molar-refractivity contribution < 1.29 is 48.3 Å². The molecule has 30 heavy (non-hydrogen) atoms. The zero-order valence-electron chi connectivity index (χ0n) is 16.9. The zero-order valence-corrected chi connectivity index (χ0v) is 16.9. The van der Waals surface area contributed by atoms with E-state index in [9.17, 15) is 24.6 Å². The van der Waals surface area contributed by atoms with Crippen LogP contribution in [0.15, 0.2) is 30.3 Å². The smallest absolute Gasteiger partial charge is 0.303 e. The first-order valence-electron chi connectivity index (χ1n) is 9.34. The third-order valence-corrected chi connectivity index (χ3v) is 4.30. The Bertz CT molecular complexity index is 722. The Hall–Kier alpha value is -2.53. The fraction of sp³-hybridized carbons (Fsp3) is 0.550. The second kappa shape index (κ2) is 11.0. The third-order valence-electron chi connectivity index (χ3n) is 4.30. The normalized spacial score (nSPS) is 27.0. The highest BCUT2D eigenvalue weighted by Crippen LogP contribution is 2.29. The number of esters is 3. The van der Waals surface area contributed by atoms with Crippen molar-refractivity contribution >= 4 is 17.9 Å². The Labute approximate surface area is 173 Å². The summed E-state index contributed by atoms with van der Waals surface area (Å²) in [6, 6.07) is 9.03. The van der Waals surface area contributed by atoms with Gasteiger partial charge in [0.2, 0.25) is 0 Å². The first-order chi connectivity index (χ1) is 14.2. The van der Waals surface area contributed by atoms with Crippen LogP contribution in [0.25, 0.3) is 0 Å². The summed E-state index contributed by atoms with van der Waals surface area (Å²) in [6.07, 6.45) is -8.30. The molecule has 2 N–H and O–H groups in total. The first-order valence-corrected chi connectivity index (χ1v) is 9.34. The molecule has 0 spiro atoms. The van der Waals surface area contributed by atoms with Crippen molar-refractivity contribution in [2.24, 2.45) is 0 Å². The first kappa shape index (κ1) is 23.7. The molecule has 0 aliphatic carbocycles. The van der Waals surface area contributed by atoms with Gasteiger partial charge in [0, 0.05) is 20.8 Å². The van der Waals surface area contributed by atoms with E-state index < -0.39 is 61.3 Å². The molecule has 1 fully saturated rings. The molecule has 166 valence electrons. The van der Waals surface area contributed by atoms with Crippen molar-refractivity contribution in [1.82, 2.24) is 0 Å². The molecule has 10 heteroatoms. The number of aliphatic hydroxyl groups is 2. The Morgan fingerprint density at radius 3 is 2.23 bits per heavy atom. The predicted molar refractivity (Wildman–Crippen MR) is 99.6 cm³/mol. The quantitative estimate of drug-likeness (QED) is 0.434. The zero-order chi connectivity index (χ0) is 22.3. The lowest BCUT2D eigenvalue weighted by Gasteiger charge is -2.43. The van der Waals surface area contributed by atoms with Crippen LogP contribution in [0.3, 0.4) is 0 Å². The van der Waals surface area contributed by atoms with Crippen LogP contribution < -0.4 is 0 Å². The molecule has 0 saturated carbocycles. The maximum atomic E-state index is 11.6. The fourth-order valence-corrected chi connectivity index (χ4v) is 3.05. The van der Waals surface area contributed by atoms with E-state index in [1.165, 1.54) is 0 Å². The molecule has 2 rings (SSSR count). The van der Waals surface area contributed by atoms with E-state index in [0.717, 1.165) is 26.3 Å². The molecule has 0 aromatic heterocycles. The third kappa shape index (κ3) is 6.77. The lowest BCUT2D eigenvalue weighted by Crippen LogP contribution is -2.63. The predicted octanol–water partition coefficient (Wildman–Crippen LogP) is 0.0764. The molecule has 0 unspecified atom stereocenters. The van der Waals surface area contributed by atoms with Gasteiger partial charge in [-0.15, -0.1) is 0 Å². The van der Waals surface area contributed by atoms with E-state index in [4.69, 9.17) is 23.7 Å². The highest BCUT2D eigenvalue weighted by molar-refractivity contribution is 5.67. The van der Waals surface area contributed by atoms with Crippen molar-refractivity contribution in [3.63, 3.8) is 0 Å². The van der Waals surface area contributed by atoms with Crippen LogP contribution >= 0.6 is 0 Å². The molecular formula is C20H26O10. The van der Waals surface area contributed by atoms with Gasteiger partial charge in [-0.3, -0.25) is 14.4 Å². The molecule has 10 nitrogen and oxygen atoms in total. The number of carbonyl (C=O) groups is 3. The number of hydrogen-bond donors (Lipinski definition) is 2. The molecule has 1 aromatic rings. The molecule has 6 atom stereocenters. The average Bonchev–Trinajstić information content (AvgIpc) is 2.67. The van der Waals surface area contributed by atoms with Gasteiger partial charge in [0.05, 0.1) is 6.61 Å². The number of rotatable bonds is 8. The van der Waals surface area contributed by atoms with E-state index in [1.54, 1.807) is 24.3 Å². The van der Waals surface area contributed by atoms with Crippen LogP contribution in [0, 0.1) is 0 Å². The maximum Gasteiger partial charge on any atom is 0.303 e. The van der Waals surface area contributed by atoms with Gasteiger partial charge in [-0.25, -0.2) is 0 Å². The van der Waals surface area contributed by atoms with Gasteiger partial charge in [0.15, 0.2) is 18.5 Å². The molecule has 0 bridgehead atoms. The molecular weight excluding hydrogens is 400 g/mol. The molecule has 1 heterocycles. The van der Waals surface area contributed by atoms with Crippen LogP contribution in [0.1, 0.15) is 26.3 Å². The van der Waals surface area contributed by atoms with Crippen molar-refractivity contribution in [1.29, 1.82) is 0 Å². The topological polar surface area (TPSA) is 138 Å². The summed E-state index contributed by atoms with van der Waals surface area (Å²) < 4.78 is 26.3. The standard InChI is InChI=1S/C20H26O10/c1-11(21)26-10-15(28-12(2)22)17-18(29-13(3)23)16(24)19(20(25)30-17)27-9-14-7-5-4-6-8-14/h4-8,15-20,24-25H,9-10H2,1-3H3/t15-,16-,17+,18-,19-,20+/m0/s1. The summed E-state index contributed by atoms with van der Waals surface area (Å²) in [4.78, 5) is 34.2. The SMILES string of the molecule is CC(=O)OC[C@H](OC(C)=O)[C@H]1O[C@@H](O)[C@@H](OCc2ccccc2)[C@@H](O)[C@@H]1OC(C)=O. The van der Waals surface area contributed by atoms with Gasteiger partial charge >= 0.3 is 17.9 Å². The van der Waals surface area contributed by atoms with E-state index in [0.29, 0.717) is 0 Å². The second-order valence-electron chi connectivity index (χ2n) is 6.77. The highest BCUT2D eigenvalue weighted by atomic mass is 16.7. The summed E-state index contributed by atoms with van der Waals surface area (Å²) in [7, 11) is 0. The van der Waals surface area contributed by atoms with Crippen LogP contribution in [-0.4, -0.2) is 71.5 Å². The molecule has 0 amide bonds. The molecule has 1 aliphatic rings. The van der Waals surface area contributed by atoms with Gasteiger partial charge in [-0.1, -0.05) is 30.3 Å². The molecule has 1 saturated heterocycles. The minimum absolute atomic E-state index is 0.0568. The Morgan fingerprint density at radius 2 is 1.67 bits per heavy atom. The van der Waals surface area contributed by atoms with Crippen molar-refractivity contribution in [2.45, 2.75) is 64.2 Å². The second-order valence-corrected chi connectivity index (χ2v) is 6.77. The monoisotopic (exact) mass is 426 g/mol. The number of carbonyl (C=O) groups excluding carboxylic acids is 3. The van der Waals surface area contributed by atoms with Gasteiger partial charge in [-0.05, 0) is 5.56 Å². The molecule has 1 aromatic carbocycles. The van der Waals surface area contributed by atoms with Crippen LogP contribution in [0.5, 0.6) is 0 Å². The number of hydrogen-bond acceptors (Lipinski definition) is 10. The van der Waals surface area contributed by atoms with Crippen molar-refractivity contribution in [2.75, 3.05) is 6.61 Å². The highest BCUT2D eigenvalue weighted by Gasteiger charge is 2.51. The van der Waals surface area contributed by atoms with E-state index in [2.05, 4.69) is 0 Å². The van der Waals surface area contributed by atoms with Crippen molar-refractivity contribution in [3.05, 3.63) is 35.9 Å². The van der Waals surface area contributed by atoms with E-state index in [-0.39, 0.29) is 6.61 Å². The van der Waals surface area contributed by atoms with Gasteiger partial charge in [0.25, 0.3) is 0 Å². The fourth-order valence-electron chi connectivity index (χ4n) is 3.05. The lowest BCUT2D eigenvalue weighted by molar-refractivity contribution is -0.312. The van der Waals surface area contributed by atoms with Crippen LogP contribution in [-0.2, 0) is 44.7 Å². The van der Waals surface area contributed by atoms with E-state index >= 15 is 0 Å². The summed E-state index contributed by atoms with van der Waals surface area (Å²) in [5.41, 5.74) is 0.788. The Kier molecular flexibility index (Phi) is 8.72. The summed E-state index contributed by atoms with van der Waals surface area (Å²) in [6.45, 7) is 3.05. The lowest BCUT2D eigenvalue weighted by atomic mass is 9.95. The molecule has 0 radical (unpaired) electrons. The number of benzene rings is 1. The van der Waals surface area contributed by atoms with Crippen LogP contribution in [0.2, 0.25) is 0 Å². The number of aliphatic hydroxyl groups excluding tert-OH is 2. The summed E-state index contributed by atoms with van der Waals surface area (Å²) >= 11 is 0. The minimum Gasteiger partial charge on any atom is -0.462 e. The molecule has 1 aliphatic heterocycles. The summed E-state index contributed by atoms with van der Waals surface area (Å²) in [5, 5.41) is 21.2. The number of ether oxygens (including phenoxy) is 5. The Balaban J connectivity index is 2.20. The van der Waals surface area contributed by atoms with E-state index in [1.807, 2.05) is 6.07 Å². The van der Waals surface area contributed by atoms with Crippen LogP contribution in [0.4, 0.5) is 0 Å². The largest absolute Gasteiger partial charge is 0.462 e. The van der Waals surface area contributed by atoms with Crippen molar-refractivity contribution in [3.8, 4) is 0 Å². The summed E-state index contributed by atoms with van der Waals surface area (Å²) in [5.74, 6) is -2.10. The van der Waals surface area contributed by atoms with Gasteiger partial charge in [-0.2, -0.15) is 0 Å². The Morgan fingerprint density at radius 1 is 1.00 bits per heavy atom.